The normalized spacial score (nSPS) is 10.5. The number of benzene rings is 1. The van der Waals surface area contributed by atoms with E-state index in [0.717, 1.165) is 12.8 Å². The molecule has 0 saturated carbocycles. The molecule has 0 radical (unpaired) electrons. The second-order valence-electron chi connectivity index (χ2n) is 6.58. The molecule has 0 bridgehead atoms. The summed E-state index contributed by atoms with van der Waals surface area (Å²) in [4.78, 5) is 24.1. The molecule has 146 valence electrons. The number of carbonyl (C=O) groups excluding carboxylic acids is 2. The highest BCUT2D eigenvalue weighted by Crippen LogP contribution is 2.13. The lowest BCUT2D eigenvalue weighted by molar-refractivity contribution is 0.0462. The van der Waals surface area contributed by atoms with E-state index in [0.29, 0.717) is 6.61 Å². The molecule has 4 heteroatoms. The van der Waals surface area contributed by atoms with Crippen LogP contribution in [0.5, 0.6) is 0 Å². The van der Waals surface area contributed by atoms with Gasteiger partial charge in [0.15, 0.2) is 0 Å². The van der Waals surface area contributed by atoms with Gasteiger partial charge in [-0.05, 0) is 25.5 Å². The van der Waals surface area contributed by atoms with Gasteiger partial charge in [0.25, 0.3) is 0 Å². The molecule has 0 atom stereocenters. The van der Waals surface area contributed by atoms with Crippen LogP contribution in [0.1, 0.15) is 98.8 Å². The monoisotopic (exact) mass is 362 g/mol. The van der Waals surface area contributed by atoms with Crippen LogP contribution in [-0.4, -0.2) is 25.2 Å². The van der Waals surface area contributed by atoms with E-state index in [9.17, 15) is 9.59 Å². The number of esters is 2. The van der Waals surface area contributed by atoms with Gasteiger partial charge >= 0.3 is 11.9 Å². The van der Waals surface area contributed by atoms with Crippen LogP contribution in [0.15, 0.2) is 24.3 Å². The lowest BCUT2D eigenvalue weighted by Gasteiger charge is -2.09. The van der Waals surface area contributed by atoms with E-state index >= 15 is 0 Å². The van der Waals surface area contributed by atoms with Crippen molar-refractivity contribution < 1.29 is 19.1 Å². The first-order valence-electron chi connectivity index (χ1n) is 10.1. The summed E-state index contributed by atoms with van der Waals surface area (Å²) in [5, 5.41) is 0. The molecule has 1 rings (SSSR count). The Morgan fingerprint density at radius 3 is 1.65 bits per heavy atom. The molecule has 0 amide bonds. The number of hydrogen-bond donors (Lipinski definition) is 0. The van der Waals surface area contributed by atoms with Crippen molar-refractivity contribution in [2.45, 2.75) is 78.1 Å². The second-order valence-corrected chi connectivity index (χ2v) is 6.58. The Labute approximate surface area is 158 Å². The average Bonchev–Trinajstić information content (AvgIpc) is 2.66. The lowest BCUT2D eigenvalue weighted by atomic mass is 10.1. The summed E-state index contributed by atoms with van der Waals surface area (Å²) in [7, 11) is 0. The molecule has 0 aliphatic carbocycles. The molecule has 0 unspecified atom stereocenters. The van der Waals surface area contributed by atoms with Gasteiger partial charge in [-0.2, -0.15) is 0 Å². The number of hydrogen-bond acceptors (Lipinski definition) is 4. The van der Waals surface area contributed by atoms with Crippen molar-refractivity contribution >= 4 is 11.9 Å². The zero-order valence-electron chi connectivity index (χ0n) is 16.4. The van der Waals surface area contributed by atoms with Crippen molar-refractivity contribution in [2.24, 2.45) is 0 Å². The molecule has 0 spiro atoms. The molecule has 0 N–H and O–H groups in total. The predicted octanol–water partition coefficient (Wildman–Crippen LogP) is 5.94. The van der Waals surface area contributed by atoms with E-state index in [1.807, 2.05) is 0 Å². The summed E-state index contributed by atoms with van der Waals surface area (Å²) in [5.41, 5.74) is 0.542. The Kier molecular flexibility index (Phi) is 12.2. The summed E-state index contributed by atoms with van der Waals surface area (Å²) in [6, 6.07) is 6.63. The van der Waals surface area contributed by atoms with Crippen LogP contribution in [0, 0.1) is 0 Å². The first kappa shape index (κ1) is 22.2. The van der Waals surface area contributed by atoms with Crippen LogP contribution in [0.3, 0.4) is 0 Å². The van der Waals surface area contributed by atoms with Crippen LogP contribution >= 0.6 is 0 Å². The molecule has 4 nitrogen and oxygen atoms in total. The highest BCUT2D eigenvalue weighted by Gasteiger charge is 2.18. The Hall–Kier alpha value is -1.84. The fourth-order valence-electron chi connectivity index (χ4n) is 2.88. The van der Waals surface area contributed by atoms with Crippen molar-refractivity contribution in [1.29, 1.82) is 0 Å². The molecule has 0 heterocycles. The molecule has 1 aromatic carbocycles. The third-order valence-corrected chi connectivity index (χ3v) is 4.37. The van der Waals surface area contributed by atoms with Crippen LogP contribution in [0.25, 0.3) is 0 Å². The molecule has 0 aliphatic rings. The van der Waals surface area contributed by atoms with Crippen LogP contribution in [-0.2, 0) is 9.47 Å². The molecule has 0 aromatic heterocycles. The maximum absolute atomic E-state index is 12.2. The van der Waals surface area contributed by atoms with Crippen molar-refractivity contribution in [3.63, 3.8) is 0 Å². The number of carbonyl (C=O) groups is 2. The number of ether oxygens (including phenoxy) is 2. The van der Waals surface area contributed by atoms with Crippen LogP contribution in [0.4, 0.5) is 0 Å². The summed E-state index contributed by atoms with van der Waals surface area (Å²) < 4.78 is 10.3. The quantitative estimate of drug-likeness (QED) is 0.303. The van der Waals surface area contributed by atoms with Crippen LogP contribution < -0.4 is 0 Å². The van der Waals surface area contributed by atoms with Gasteiger partial charge in [0.2, 0.25) is 0 Å². The third kappa shape index (κ3) is 9.02. The van der Waals surface area contributed by atoms with E-state index in [1.165, 1.54) is 51.4 Å². The molecule has 0 saturated heterocycles. The maximum atomic E-state index is 12.2. The van der Waals surface area contributed by atoms with Gasteiger partial charge in [-0.25, -0.2) is 9.59 Å². The predicted molar refractivity (Wildman–Crippen MR) is 105 cm³/mol. The second kappa shape index (κ2) is 14.3. The van der Waals surface area contributed by atoms with E-state index in [2.05, 4.69) is 6.92 Å². The third-order valence-electron chi connectivity index (χ3n) is 4.37. The Morgan fingerprint density at radius 2 is 1.15 bits per heavy atom. The van der Waals surface area contributed by atoms with E-state index in [-0.39, 0.29) is 17.7 Å². The van der Waals surface area contributed by atoms with Crippen molar-refractivity contribution in [2.75, 3.05) is 13.2 Å². The summed E-state index contributed by atoms with van der Waals surface area (Å²) in [5.74, 6) is -0.941. The van der Waals surface area contributed by atoms with Crippen molar-refractivity contribution in [3.8, 4) is 0 Å². The summed E-state index contributed by atoms with van der Waals surface area (Å²) in [6.07, 6.45) is 12.4. The molecular weight excluding hydrogens is 328 g/mol. The topological polar surface area (TPSA) is 52.6 Å². The molecule has 0 fully saturated rings. The van der Waals surface area contributed by atoms with E-state index < -0.39 is 11.9 Å². The Balaban J connectivity index is 2.18. The first-order chi connectivity index (χ1) is 12.7. The molecule has 1 aromatic rings. The van der Waals surface area contributed by atoms with Gasteiger partial charge in [-0.15, -0.1) is 0 Å². The van der Waals surface area contributed by atoms with Gasteiger partial charge in [-0.1, -0.05) is 76.8 Å². The highest BCUT2D eigenvalue weighted by molar-refractivity contribution is 6.03. The number of unbranched alkanes of at least 4 members (excludes halogenated alkanes) is 9. The van der Waals surface area contributed by atoms with E-state index in [1.54, 1.807) is 31.2 Å². The van der Waals surface area contributed by atoms with Crippen molar-refractivity contribution in [3.05, 3.63) is 35.4 Å². The van der Waals surface area contributed by atoms with E-state index in [4.69, 9.17) is 9.47 Å². The zero-order chi connectivity index (χ0) is 19.0. The maximum Gasteiger partial charge on any atom is 0.339 e. The average molecular weight is 363 g/mol. The van der Waals surface area contributed by atoms with Crippen LogP contribution in [0.2, 0.25) is 0 Å². The van der Waals surface area contributed by atoms with Gasteiger partial charge in [-0.3, -0.25) is 0 Å². The molecule has 0 aliphatic heterocycles. The summed E-state index contributed by atoms with van der Waals surface area (Å²) >= 11 is 0. The zero-order valence-corrected chi connectivity index (χ0v) is 16.4. The minimum Gasteiger partial charge on any atom is -0.462 e. The molecule has 26 heavy (non-hydrogen) atoms. The fraction of sp³-hybridized carbons (Fsp3) is 0.636. The van der Waals surface area contributed by atoms with Gasteiger partial charge in [0, 0.05) is 0 Å². The lowest BCUT2D eigenvalue weighted by Crippen LogP contribution is -2.14. The first-order valence-corrected chi connectivity index (χ1v) is 10.1. The Bertz CT molecular complexity index is 525. The fourth-order valence-corrected chi connectivity index (χ4v) is 2.88. The van der Waals surface area contributed by atoms with Gasteiger partial charge in [0.05, 0.1) is 24.3 Å². The minimum absolute atomic E-state index is 0.266. The summed E-state index contributed by atoms with van der Waals surface area (Å²) in [6.45, 7) is 4.65. The number of rotatable bonds is 14. The van der Waals surface area contributed by atoms with Crippen molar-refractivity contribution in [1.82, 2.24) is 0 Å². The SMILES string of the molecule is CCCCCCCCCCCCOC(=O)c1ccccc1C(=O)OCC. The van der Waals surface area contributed by atoms with Gasteiger partial charge < -0.3 is 9.47 Å². The largest absolute Gasteiger partial charge is 0.462 e. The molecular formula is C22H34O4. The standard InChI is InChI=1S/C22H34O4/c1-3-5-6-7-8-9-10-11-12-15-18-26-22(24)20-17-14-13-16-19(20)21(23)25-4-2/h13-14,16-17H,3-12,15,18H2,1-2H3. The van der Waals surface area contributed by atoms with Gasteiger partial charge in [0.1, 0.15) is 0 Å². The smallest absolute Gasteiger partial charge is 0.339 e. The Morgan fingerprint density at radius 1 is 0.692 bits per heavy atom. The highest BCUT2D eigenvalue weighted by atomic mass is 16.5. The minimum atomic E-state index is -0.487.